The van der Waals surface area contributed by atoms with Crippen molar-refractivity contribution < 1.29 is 14.3 Å². The van der Waals surface area contributed by atoms with Crippen molar-refractivity contribution in [3.63, 3.8) is 0 Å². The largest absolute Gasteiger partial charge is 0.492 e. The van der Waals surface area contributed by atoms with Gasteiger partial charge in [-0.3, -0.25) is 4.79 Å². The first kappa shape index (κ1) is 15.0. The second-order valence-corrected chi connectivity index (χ2v) is 6.11. The topological polar surface area (TPSA) is 73.6 Å². The second kappa shape index (κ2) is 6.91. The lowest BCUT2D eigenvalue weighted by molar-refractivity contribution is 0.102. The molecule has 1 aromatic carbocycles. The van der Waals surface area contributed by atoms with Gasteiger partial charge in [0.1, 0.15) is 12.4 Å². The first-order chi connectivity index (χ1) is 10.8. The van der Waals surface area contributed by atoms with Crippen molar-refractivity contribution >= 4 is 22.9 Å². The van der Waals surface area contributed by atoms with E-state index < -0.39 is 0 Å². The predicted octanol–water partition coefficient (Wildman–Crippen LogP) is 2.41. The van der Waals surface area contributed by atoms with Crippen molar-refractivity contribution in [3.8, 4) is 5.75 Å². The lowest BCUT2D eigenvalue weighted by atomic mass is 10.2. The number of carbonyl (C=O) groups is 1. The number of anilines is 1. The average molecular weight is 318 g/mol. The van der Waals surface area contributed by atoms with Crippen molar-refractivity contribution in [2.24, 2.45) is 5.73 Å². The molecule has 0 radical (unpaired) electrons. The standard InChI is InChI=1S/C16H18N2O3S/c17-6-8-21-13-3-1-12(2-4-13)18-16(19)15-9-11-10-20-7-5-14(11)22-15/h1-4,9H,5-8,10,17H2,(H,18,19). The van der Waals surface area contributed by atoms with Gasteiger partial charge in [-0.25, -0.2) is 0 Å². The highest BCUT2D eigenvalue weighted by Crippen LogP contribution is 2.27. The Morgan fingerprint density at radius 1 is 1.36 bits per heavy atom. The molecule has 2 aromatic rings. The third-order valence-electron chi connectivity index (χ3n) is 3.35. The fourth-order valence-corrected chi connectivity index (χ4v) is 3.31. The van der Waals surface area contributed by atoms with Gasteiger partial charge in [-0.2, -0.15) is 0 Å². The Morgan fingerprint density at radius 2 is 2.18 bits per heavy atom. The molecule has 0 atom stereocenters. The fourth-order valence-electron chi connectivity index (χ4n) is 2.26. The zero-order valence-electron chi connectivity index (χ0n) is 12.1. The van der Waals surface area contributed by atoms with Crippen molar-refractivity contribution in [1.29, 1.82) is 0 Å². The Morgan fingerprint density at radius 3 is 2.91 bits per heavy atom. The molecule has 1 aromatic heterocycles. The summed E-state index contributed by atoms with van der Waals surface area (Å²) in [4.78, 5) is 14.3. The van der Waals surface area contributed by atoms with Gasteiger partial charge < -0.3 is 20.5 Å². The normalized spacial score (nSPS) is 13.5. The summed E-state index contributed by atoms with van der Waals surface area (Å²) in [5, 5.41) is 2.90. The number of benzene rings is 1. The van der Waals surface area contributed by atoms with E-state index in [9.17, 15) is 4.79 Å². The number of hydrogen-bond acceptors (Lipinski definition) is 5. The lowest BCUT2D eigenvalue weighted by Crippen LogP contribution is -2.11. The number of fused-ring (bicyclic) bond motifs is 1. The third-order valence-corrected chi connectivity index (χ3v) is 4.59. The molecule has 1 amide bonds. The number of hydrogen-bond donors (Lipinski definition) is 2. The molecule has 0 saturated heterocycles. The second-order valence-electron chi connectivity index (χ2n) is 4.98. The minimum Gasteiger partial charge on any atom is -0.492 e. The molecular formula is C16H18N2O3S. The highest BCUT2D eigenvalue weighted by Gasteiger charge is 2.17. The maximum atomic E-state index is 12.3. The van der Waals surface area contributed by atoms with Crippen molar-refractivity contribution in [2.75, 3.05) is 25.1 Å². The number of rotatable bonds is 5. The van der Waals surface area contributed by atoms with Gasteiger partial charge >= 0.3 is 0 Å². The number of nitrogens with two attached hydrogens (primary N) is 1. The van der Waals surface area contributed by atoms with Gasteiger partial charge in [-0.15, -0.1) is 11.3 Å². The molecular weight excluding hydrogens is 300 g/mol. The van der Waals surface area contributed by atoms with Gasteiger partial charge in [0.05, 0.1) is 18.1 Å². The van der Waals surface area contributed by atoms with Crippen LogP contribution < -0.4 is 15.8 Å². The van der Waals surface area contributed by atoms with E-state index in [0.717, 1.165) is 34.9 Å². The van der Waals surface area contributed by atoms with Crippen LogP contribution in [0.1, 0.15) is 20.1 Å². The Labute approximate surface area is 133 Å². The van der Waals surface area contributed by atoms with E-state index in [4.69, 9.17) is 15.2 Å². The molecule has 0 fully saturated rings. The minimum atomic E-state index is -0.0879. The number of ether oxygens (including phenoxy) is 2. The van der Waals surface area contributed by atoms with E-state index in [-0.39, 0.29) is 5.91 Å². The van der Waals surface area contributed by atoms with Crippen molar-refractivity contribution in [3.05, 3.63) is 45.6 Å². The van der Waals surface area contributed by atoms with E-state index in [2.05, 4.69) is 5.32 Å². The molecule has 5 nitrogen and oxygen atoms in total. The van der Waals surface area contributed by atoms with Gasteiger partial charge in [0, 0.05) is 23.5 Å². The number of nitrogens with one attached hydrogen (secondary N) is 1. The summed E-state index contributed by atoms with van der Waals surface area (Å²) in [5.41, 5.74) is 7.26. The summed E-state index contributed by atoms with van der Waals surface area (Å²) in [5.74, 6) is 0.655. The first-order valence-electron chi connectivity index (χ1n) is 7.20. The van der Waals surface area contributed by atoms with E-state index in [1.165, 1.54) is 4.88 Å². The Kier molecular flexibility index (Phi) is 4.72. The molecule has 0 bridgehead atoms. The Balaban J connectivity index is 1.64. The summed E-state index contributed by atoms with van der Waals surface area (Å²) >= 11 is 1.55. The molecule has 0 spiro atoms. The van der Waals surface area contributed by atoms with Crippen LogP contribution in [0.5, 0.6) is 5.75 Å². The molecule has 116 valence electrons. The summed E-state index contributed by atoms with van der Waals surface area (Å²) < 4.78 is 10.8. The van der Waals surface area contributed by atoms with E-state index in [1.54, 1.807) is 11.3 Å². The highest BCUT2D eigenvalue weighted by molar-refractivity contribution is 7.14. The van der Waals surface area contributed by atoms with E-state index >= 15 is 0 Å². The van der Waals surface area contributed by atoms with Crippen molar-refractivity contribution in [2.45, 2.75) is 13.0 Å². The SMILES string of the molecule is NCCOc1ccc(NC(=O)c2cc3c(s2)CCOC3)cc1. The van der Waals surface area contributed by atoms with Crippen LogP contribution in [0.2, 0.25) is 0 Å². The van der Waals surface area contributed by atoms with Gasteiger partial charge in [-0.1, -0.05) is 0 Å². The van der Waals surface area contributed by atoms with Crippen molar-refractivity contribution in [1.82, 2.24) is 0 Å². The highest BCUT2D eigenvalue weighted by atomic mass is 32.1. The van der Waals surface area contributed by atoms with Crippen LogP contribution in [0.3, 0.4) is 0 Å². The third kappa shape index (κ3) is 3.47. The summed E-state index contributed by atoms with van der Waals surface area (Å²) in [6, 6.07) is 9.20. The molecule has 0 saturated carbocycles. The molecule has 0 aliphatic carbocycles. The van der Waals surface area contributed by atoms with Gasteiger partial charge in [0.15, 0.2) is 0 Å². The minimum absolute atomic E-state index is 0.0879. The van der Waals surface area contributed by atoms with E-state index in [0.29, 0.717) is 19.8 Å². The quantitative estimate of drug-likeness (QED) is 0.888. The monoisotopic (exact) mass is 318 g/mol. The molecule has 3 N–H and O–H groups in total. The zero-order chi connectivity index (χ0) is 15.4. The lowest BCUT2D eigenvalue weighted by Gasteiger charge is -2.10. The van der Waals surface area contributed by atoms with Gasteiger partial charge in [0.25, 0.3) is 5.91 Å². The molecule has 1 aliphatic rings. The molecule has 6 heteroatoms. The van der Waals surface area contributed by atoms with Crippen LogP contribution in [0.15, 0.2) is 30.3 Å². The number of amides is 1. The Hall–Kier alpha value is -1.89. The fraction of sp³-hybridized carbons (Fsp3) is 0.312. The summed E-state index contributed by atoms with van der Waals surface area (Å²) in [6.45, 7) is 2.30. The first-order valence-corrected chi connectivity index (χ1v) is 8.01. The average Bonchev–Trinajstić information content (AvgIpc) is 2.98. The molecule has 1 aliphatic heterocycles. The maximum Gasteiger partial charge on any atom is 0.265 e. The summed E-state index contributed by atoms with van der Waals surface area (Å²) in [7, 11) is 0. The molecule has 3 rings (SSSR count). The van der Waals surface area contributed by atoms with Crippen LogP contribution in [0.4, 0.5) is 5.69 Å². The maximum absolute atomic E-state index is 12.3. The van der Waals surface area contributed by atoms with Gasteiger partial charge in [0.2, 0.25) is 0 Å². The van der Waals surface area contributed by atoms with Crippen LogP contribution in [0.25, 0.3) is 0 Å². The Bertz CT molecular complexity index is 628. The smallest absolute Gasteiger partial charge is 0.265 e. The summed E-state index contributed by atoms with van der Waals surface area (Å²) in [6.07, 6.45) is 0.889. The van der Waals surface area contributed by atoms with Crippen LogP contribution in [-0.2, 0) is 17.8 Å². The van der Waals surface area contributed by atoms with Gasteiger partial charge in [-0.05, 0) is 35.9 Å². The van der Waals surface area contributed by atoms with Crippen LogP contribution in [-0.4, -0.2) is 25.7 Å². The predicted molar refractivity (Wildman–Crippen MR) is 86.6 cm³/mol. The van der Waals surface area contributed by atoms with Crippen LogP contribution >= 0.6 is 11.3 Å². The zero-order valence-corrected chi connectivity index (χ0v) is 12.9. The van der Waals surface area contributed by atoms with Crippen LogP contribution in [0, 0.1) is 0 Å². The molecule has 2 heterocycles. The number of thiophene rings is 1. The number of carbonyl (C=O) groups excluding carboxylic acids is 1. The molecule has 22 heavy (non-hydrogen) atoms. The van der Waals surface area contributed by atoms with E-state index in [1.807, 2.05) is 30.3 Å². The molecule has 0 unspecified atom stereocenters.